The highest BCUT2D eigenvalue weighted by molar-refractivity contribution is 7.89. The van der Waals surface area contributed by atoms with Gasteiger partial charge in [-0.15, -0.1) is 0 Å². The lowest BCUT2D eigenvalue weighted by atomic mass is 10.2. The minimum atomic E-state index is -3.56. The van der Waals surface area contributed by atoms with E-state index in [1.54, 1.807) is 12.1 Å². The standard InChI is InChI=1S/C12H13N3O4S/c1-15(20(16,17)12-4-5-13-14-12)7-9-2-3-10-11(6-9)19-8-18-10/h2-6H,7-8H2,1H3,(H,13,14). The largest absolute Gasteiger partial charge is 0.454 e. The molecule has 0 radical (unpaired) electrons. The number of ether oxygens (including phenoxy) is 2. The predicted octanol–water partition coefficient (Wildman–Crippen LogP) is 0.959. The number of nitrogens with one attached hydrogen (secondary N) is 1. The first-order valence-corrected chi connectivity index (χ1v) is 7.35. The van der Waals surface area contributed by atoms with Gasteiger partial charge in [-0.1, -0.05) is 6.07 Å². The van der Waals surface area contributed by atoms with E-state index in [1.165, 1.54) is 23.6 Å². The fourth-order valence-corrected chi connectivity index (χ4v) is 2.99. The topological polar surface area (TPSA) is 84.5 Å². The van der Waals surface area contributed by atoms with E-state index in [9.17, 15) is 8.42 Å². The Hall–Kier alpha value is -2.06. The van der Waals surface area contributed by atoms with Crippen molar-refractivity contribution in [2.45, 2.75) is 11.6 Å². The third-order valence-electron chi connectivity index (χ3n) is 3.01. The predicted molar refractivity (Wildman–Crippen MR) is 69.8 cm³/mol. The summed E-state index contributed by atoms with van der Waals surface area (Å²) >= 11 is 0. The number of hydrogen-bond acceptors (Lipinski definition) is 5. The summed E-state index contributed by atoms with van der Waals surface area (Å²) in [5.41, 5.74) is 0.819. The van der Waals surface area contributed by atoms with E-state index >= 15 is 0 Å². The molecule has 1 aromatic heterocycles. The SMILES string of the molecule is CN(Cc1ccc2c(c1)OCO2)S(=O)(=O)c1ccn[nH]1. The van der Waals surface area contributed by atoms with Gasteiger partial charge in [0.1, 0.15) is 0 Å². The molecule has 0 saturated carbocycles. The van der Waals surface area contributed by atoms with Gasteiger partial charge in [0, 0.05) is 13.6 Å². The highest BCUT2D eigenvalue weighted by Gasteiger charge is 2.23. The van der Waals surface area contributed by atoms with Crippen molar-refractivity contribution in [3.05, 3.63) is 36.0 Å². The van der Waals surface area contributed by atoms with Crippen molar-refractivity contribution in [3.8, 4) is 11.5 Å². The molecule has 1 aliphatic rings. The average molecular weight is 295 g/mol. The summed E-state index contributed by atoms with van der Waals surface area (Å²) in [5, 5.41) is 6.19. The van der Waals surface area contributed by atoms with Gasteiger partial charge in [0.25, 0.3) is 10.0 Å². The highest BCUT2D eigenvalue weighted by Crippen LogP contribution is 2.33. The first-order valence-electron chi connectivity index (χ1n) is 5.91. The van der Waals surface area contributed by atoms with Gasteiger partial charge in [0.15, 0.2) is 16.5 Å². The van der Waals surface area contributed by atoms with Gasteiger partial charge in [-0.25, -0.2) is 8.42 Å². The van der Waals surface area contributed by atoms with E-state index in [-0.39, 0.29) is 18.4 Å². The number of nitrogens with zero attached hydrogens (tertiary/aromatic N) is 2. The van der Waals surface area contributed by atoms with Crippen LogP contribution in [0.4, 0.5) is 0 Å². The molecule has 0 unspecified atom stereocenters. The molecule has 2 heterocycles. The summed E-state index contributed by atoms with van der Waals surface area (Å²) in [6, 6.07) is 6.79. The van der Waals surface area contributed by atoms with Gasteiger partial charge in [0.05, 0.1) is 6.20 Å². The zero-order chi connectivity index (χ0) is 14.2. The number of H-pyrrole nitrogens is 1. The normalized spacial score (nSPS) is 13.9. The van der Waals surface area contributed by atoms with Gasteiger partial charge in [-0.3, -0.25) is 5.10 Å². The Morgan fingerprint density at radius 1 is 1.30 bits per heavy atom. The van der Waals surface area contributed by atoms with E-state index in [2.05, 4.69) is 10.2 Å². The van der Waals surface area contributed by atoms with Gasteiger partial charge in [-0.2, -0.15) is 9.40 Å². The second-order valence-corrected chi connectivity index (χ2v) is 6.38. The van der Waals surface area contributed by atoms with Crippen molar-refractivity contribution < 1.29 is 17.9 Å². The number of fused-ring (bicyclic) bond motifs is 1. The van der Waals surface area contributed by atoms with Crippen molar-refractivity contribution in [2.75, 3.05) is 13.8 Å². The lowest BCUT2D eigenvalue weighted by Gasteiger charge is -2.16. The number of benzene rings is 1. The van der Waals surface area contributed by atoms with Crippen LogP contribution in [-0.4, -0.2) is 36.8 Å². The molecule has 1 aliphatic heterocycles. The lowest BCUT2D eigenvalue weighted by molar-refractivity contribution is 0.174. The summed E-state index contributed by atoms with van der Waals surface area (Å²) in [7, 11) is -2.05. The molecule has 20 heavy (non-hydrogen) atoms. The van der Waals surface area contributed by atoms with Gasteiger partial charge in [0.2, 0.25) is 6.79 Å². The van der Waals surface area contributed by atoms with Crippen LogP contribution in [0.25, 0.3) is 0 Å². The van der Waals surface area contributed by atoms with Crippen LogP contribution in [0.5, 0.6) is 11.5 Å². The molecule has 1 aromatic carbocycles. The van der Waals surface area contributed by atoms with Crippen LogP contribution in [0.3, 0.4) is 0 Å². The summed E-state index contributed by atoms with van der Waals surface area (Å²) in [6.45, 7) is 0.430. The molecule has 0 aliphatic carbocycles. The Morgan fingerprint density at radius 2 is 2.10 bits per heavy atom. The van der Waals surface area contributed by atoms with Crippen LogP contribution in [0.15, 0.2) is 35.5 Å². The number of sulfonamides is 1. The van der Waals surface area contributed by atoms with Crippen LogP contribution < -0.4 is 9.47 Å². The molecule has 0 fully saturated rings. The Balaban J connectivity index is 1.81. The van der Waals surface area contributed by atoms with Gasteiger partial charge in [-0.05, 0) is 23.8 Å². The van der Waals surface area contributed by atoms with Crippen LogP contribution in [0, 0.1) is 0 Å². The summed E-state index contributed by atoms with van der Waals surface area (Å²) in [4.78, 5) is 0. The van der Waals surface area contributed by atoms with Crippen LogP contribution in [0.1, 0.15) is 5.56 Å². The van der Waals surface area contributed by atoms with E-state index in [4.69, 9.17) is 9.47 Å². The maximum Gasteiger partial charge on any atom is 0.260 e. The quantitative estimate of drug-likeness (QED) is 0.908. The Morgan fingerprint density at radius 3 is 2.85 bits per heavy atom. The van der Waals surface area contributed by atoms with Crippen molar-refractivity contribution in [1.29, 1.82) is 0 Å². The molecular formula is C12H13N3O4S. The zero-order valence-corrected chi connectivity index (χ0v) is 11.6. The fraction of sp³-hybridized carbons (Fsp3) is 0.250. The molecular weight excluding hydrogens is 282 g/mol. The third-order valence-corrected chi connectivity index (χ3v) is 4.74. The van der Waals surface area contributed by atoms with Crippen molar-refractivity contribution in [1.82, 2.24) is 14.5 Å². The minimum Gasteiger partial charge on any atom is -0.454 e. The number of hydrogen-bond donors (Lipinski definition) is 1. The van der Waals surface area contributed by atoms with E-state index < -0.39 is 10.0 Å². The molecule has 0 atom stereocenters. The maximum absolute atomic E-state index is 12.2. The Labute approximate surface area is 116 Å². The molecule has 7 nitrogen and oxygen atoms in total. The summed E-state index contributed by atoms with van der Waals surface area (Å²) in [6.07, 6.45) is 1.40. The first-order chi connectivity index (χ1) is 9.57. The molecule has 3 rings (SSSR count). The third kappa shape index (κ3) is 2.23. The smallest absolute Gasteiger partial charge is 0.260 e. The Kier molecular flexibility index (Phi) is 3.11. The van der Waals surface area contributed by atoms with Gasteiger partial charge >= 0.3 is 0 Å². The minimum absolute atomic E-state index is 0.0701. The summed E-state index contributed by atoms with van der Waals surface area (Å²) in [5.74, 6) is 1.31. The lowest BCUT2D eigenvalue weighted by Crippen LogP contribution is -2.26. The second kappa shape index (κ2) is 4.80. The van der Waals surface area contributed by atoms with Crippen LogP contribution in [0.2, 0.25) is 0 Å². The molecule has 0 amide bonds. The molecule has 8 heteroatoms. The average Bonchev–Trinajstić information content (AvgIpc) is 3.09. The fourth-order valence-electron chi connectivity index (χ4n) is 1.94. The molecule has 0 spiro atoms. The van der Waals surface area contributed by atoms with Crippen molar-refractivity contribution in [2.24, 2.45) is 0 Å². The van der Waals surface area contributed by atoms with Crippen LogP contribution >= 0.6 is 0 Å². The number of aromatic nitrogens is 2. The Bertz CT molecular complexity index is 712. The number of rotatable bonds is 4. The molecule has 106 valence electrons. The number of aromatic amines is 1. The van der Waals surface area contributed by atoms with Crippen molar-refractivity contribution in [3.63, 3.8) is 0 Å². The van der Waals surface area contributed by atoms with Gasteiger partial charge < -0.3 is 9.47 Å². The highest BCUT2D eigenvalue weighted by atomic mass is 32.2. The molecule has 1 N–H and O–H groups in total. The van der Waals surface area contributed by atoms with E-state index in [0.717, 1.165) is 5.56 Å². The zero-order valence-electron chi connectivity index (χ0n) is 10.7. The van der Waals surface area contributed by atoms with Crippen LogP contribution in [-0.2, 0) is 16.6 Å². The second-order valence-electron chi connectivity index (χ2n) is 4.37. The molecule has 0 bridgehead atoms. The first kappa shape index (κ1) is 12.9. The molecule has 0 saturated heterocycles. The monoisotopic (exact) mass is 295 g/mol. The van der Waals surface area contributed by atoms with E-state index in [1.807, 2.05) is 6.07 Å². The molecule has 2 aromatic rings. The van der Waals surface area contributed by atoms with Crippen molar-refractivity contribution >= 4 is 10.0 Å². The van der Waals surface area contributed by atoms with E-state index in [0.29, 0.717) is 11.5 Å². The summed E-state index contributed by atoms with van der Waals surface area (Å²) < 4.78 is 36.2. The maximum atomic E-state index is 12.2.